The first-order valence-electron chi connectivity index (χ1n) is 48.0. The molecule has 0 spiro atoms. The van der Waals surface area contributed by atoms with Crippen LogP contribution in [-0.4, -0.2) is 32.4 Å². The van der Waals surface area contributed by atoms with Gasteiger partial charge in [-0.2, -0.15) is 0 Å². The molecule has 31 aromatic rings. The first-order chi connectivity index (χ1) is 70.0. The summed E-state index contributed by atoms with van der Waals surface area (Å²) in [6.45, 7) is 0. The lowest BCUT2D eigenvalue weighted by Gasteiger charge is -2.16. The van der Waals surface area contributed by atoms with Crippen molar-refractivity contribution < 1.29 is 13.3 Å². The average molecular weight is 1800 g/mol. The predicted octanol–water partition coefficient (Wildman–Crippen LogP) is 35.4. The van der Waals surface area contributed by atoms with E-state index in [0.29, 0.717) is 0 Å². The Morgan fingerprint density at radius 1 is 0.135 bits per heavy atom. The quantitative estimate of drug-likeness (QED) is 0.137. The Labute approximate surface area is 807 Å². The van der Waals surface area contributed by atoms with Crippen molar-refractivity contribution in [2.45, 2.75) is 0 Å². The summed E-state index contributed by atoms with van der Waals surface area (Å²) in [5, 5.41) is 21.6. The molecule has 0 aliphatic heterocycles. The van der Waals surface area contributed by atoms with Gasteiger partial charge < -0.3 is 40.7 Å². The summed E-state index contributed by atoms with van der Waals surface area (Å²) in [5.74, 6) is 0. The minimum atomic E-state index is 0.885. The van der Waals surface area contributed by atoms with E-state index in [1.54, 1.807) is 0 Å². The highest BCUT2D eigenvalue weighted by atomic mass is 16.3. The minimum absolute atomic E-state index is 0.885. The smallest absolute Gasteiger partial charge is 0.137 e. The van der Waals surface area contributed by atoms with Crippen LogP contribution in [0, 0.1) is 0 Å². The number of furan rings is 3. The summed E-state index contributed by atoms with van der Waals surface area (Å²) in [4.78, 5) is 5.03. The molecule has 141 heavy (non-hydrogen) atoms. The number of hydrogen-bond acceptors (Lipinski definition) is 4. The van der Waals surface area contributed by atoms with Gasteiger partial charge in [-0.25, -0.2) is 4.98 Å². The fourth-order valence-corrected chi connectivity index (χ4v) is 22.8. The van der Waals surface area contributed by atoms with E-state index < -0.39 is 0 Å². The van der Waals surface area contributed by atoms with Crippen LogP contribution in [0.1, 0.15) is 0 Å². The molecule has 10 aromatic heterocycles. The van der Waals surface area contributed by atoms with Crippen molar-refractivity contribution in [1.82, 2.24) is 32.4 Å². The molecule has 0 N–H and O–H groups in total. The Morgan fingerprint density at radius 2 is 0.376 bits per heavy atom. The normalized spacial score (nSPS) is 12.0. The molecule has 21 aromatic carbocycles. The number of rotatable bonds is 10. The SMILES string of the molecule is c1cc(-c2ccc3c4ccccc4n(-c4cccc5oc6ccccc6c45)c3c2)cc(-n2c3ccccc3c3ccccc32)c1.c1ccc(-c2cccc(-c3ccc4c5ccccc5n(-c5cccc6oc7ccccc7c56)c4c3)n2)cc1.c1ccc2c(c1)oc1cccc(-n3c4ccccc4c4ccc(-c5cc(-n6c7ccccc7c7ccccc76)cc(-n6c7ccccc7c7ccccc76)c5)cc43)c12. The highest BCUT2D eigenvalue weighted by Crippen LogP contribution is 2.48. The van der Waals surface area contributed by atoms with Crippen LogP contribution in [0.5, 0.6) is 0 Å². The number of pyridine rings is 1. The van der Waals surface area contributed by atoms with Gasteiger partial charge in [0, 0.05) is 109 Å². The number of aromatic nitrogens is 7. The standard InChI is InChI=1S/C54H33N3O.C42H26N2O.C35H22N2O/c1-7-20-45-38(14-1)39-15-2-8-21-46(39)55(45)36-30-35(31-37(33-36)56-47-22-9-3-16-40(47)41-17-4-10-23-48(41)56)34-28-29-43-42-18-5-11-24-49(42)57(51(43)32-34)50-25-13-27-53-54(50)44-19-6-12-26-52(44)58-53;1-5-17-35-30(13-1)31-14-2-6-18-36(31)43(35)29-12-9-11-27(25-29)28-23-24-33-32-15-3-7-19-37(32)44(39(33)26-28)38-20-10-22-41-42(38)34-16-4-8-21-40(34)45-41;1-2-10-23(11-3-1)28-14-8-15-29(36-28)24-20-21-26-25-12-4-6-16-30(25)37(32(26)22-24)31-17-9-19-34-35(31)27-13-5-7-18-33(27)38-34/h1-33H;1-26H;1-22H. The van der Waals surface area contributed by atoms with E-state index in [4.69, 9.17) is 18.2 Å². The zero-order valence-electron chi connectivity index (χ0n) is 76.1. The van der Waals surface area contributed by atoms with Crippen LogP contribution in [0.2, 0.25) is 0 Å². The number of benzene rings is 21. The lowest BCUT2D eigenvalue weighted by molar-refractivity contribution is 0.668. The molecule has 0 aliphatic rings. The minimum Gasteiger partial charge on any atom is -0.456 e. The monoisotopic (exact) mass is 1800 g/mol. The Balaban J connectivity index is 0.000000104. The van der Waals surface area contributed by atoms with Crippen LogP contribution >= 0.6 is 0 Å². The lowest BCUT2D eigenvalue weighted by atomic mass is 10.0. The van der Waals surface area contributed by atoms with E-state index in [1.165, 1.54) is 125 Å². The molecule has 31 rings (SSSR count). The molecule has 0 radical (unpaired) electrons. The van der Waals surface area contributed by atoms with Gasteiger partial charge in [0.2, 0.25) is 0 Å². The zero-order chi connectivity index (χ0) is 92.4. The highest BCUT2D eigenvalue weighted by molar-refractivity contribution is 6.20. The van der Waals surface area contributed by atoms with Gasteiger partial charge in [-0.15, -0.1) is 0 Å². The highest BCUT2D eigenvalue weighted by Gasteiger charge is 2.26. The Morgan fingerprint density at radius 3 is 0.738 bits per heavy atom. The average Bonchev–Trinajstić information content (AvgIpc) is 1.56. The molecule has 0 amide bonds. The third kappa shape index (κ3) is 12.5. The second kappa shape index (κ2) is 31.8. The third-order valence-electron chi connectivity index (χ3n) is 28.9. The van der Waals surface area contributed by atoms with E-state index >= 15 is 0 Å². The zero-order valence-corrected chi connectivity index (χ0v) is 76.1. The van der Waals surface area contributed by atoms with Gasteiger partial charge in [-0.3, -0.25) is 0 Å². The van der Waals surface area contributed by atoms with Crippen molar-refractivity contribution in [3.05, 3.63) is 491 Å². The van der Waals surface area contributed by atoms with E-state index in [2.05, 4.69) is 470 Å². The Hall–Kier alpha value is -19.0. The van der Waals surface area contributed by atoms with Crippen molar-refractivity contribution in [2.75, 3.05) is 0 Å². The summed E-state index contributed by atoms with van der Waals surface area (Å²) in [6, 6.07) is 176. The molecule has 10 heteroatoms. The first kappa shape index (κ1) is 79.4. The van der Waals surface area contributed by atoms with E-state index in [-0.39, 0.29) is 0 Å². The second-order valence-electron chi connectivity index (χ2n) is 36.7. The van der Waals surface area contributed by atoms with E-state index in [9.17, 15) is 0 Å². The van der Waals surface area contributed by atoms with Crippen molar-refractivity contribution in [2.24, 2.45) is 0 Å². The van der Waals surface area contributed by atoms with Crippen LogP contribution in [0.4, 0.5) is 0 Å². The molecule has 10 heterocycles. The largest absolute Gasteiger partial charge is 0.456 e. The molecular weight excluding hydrogens is 1720 g/mol. The maximum Gasteiger partial charge on any atom is 0.137 e. The van der Waals surface area contributed by atoms with Crippen LogP contribution in [0.3, 0.4) is 0 Å². The van der Waals surface area contributed by atoms with Crippen LogP contribution < -0.4 is 0 Å². The molecule has 0 atom stereocenters. The molecule has 0 aliphatic carbocycles. The van der Waals surface area contributed by atoms with E-state index in [0.717, 1.165) is 150 Å². The molecule has 0 saturated heterocycles. The molecule has 0 bridgehead atoms. The Bertz CT molecular complexity index is 10300. The molecule has 658 valence electrons. The molecule has 0 unspecified atom stereocenters. The van der Waals surface area contributed by atoms with Crippen LogP contribution in [-0.2, 0) is 0 Å². The van der Waals surface area contributed by atoms with Crippen molar-refractivity contribution in [1.29, 1.82) is 0 Å². The summed E-state index contributed by atoms with van der Waals surface area (Å²) in [5.41, 5.74) is 35.0. The first-order valence-corrected chi connectivity index (χ1v) is 48.0. The van der Waals surface area contributed by atoms with E-state index in [1.807, 2.05) is 48.5 Å². The van der Waals surface area contributed by atoms with Crippen molar-refractivity contribution >= 4 is 197 Å². The second-order valence-corrected chi connectivity index (χ2v) is 36.7. The van der Waals surface area contributed by atoms with Gasteiger partial charge in [0.15, 0.2) is 0 Å². The number of hydrogen-bond donors (Lipinski definition) is 0. The number of nitrogens with zero attached hydrogens (tertiary/aromatic N) is 7. The number of fused-ring (bicyclic) bond motifs is 27. The molecular formula is C131H81N7O3. The maximum atomic E-state index is 6.41. The van der Waals surface area contributed by atoms with Gasteiger partial charge in [0.1, 0.15) is 33.5 Å². The Kier molecular flexibility index (Phi) is 17.9. The van der Waals surface area contributed by atoms with Gasteiger partial charge in [0.05, 0.1) is 111 Å². The summed E-state index contributed by atoms with van der Waals surface area (Å²) in [6.07, 6.45) is 0. The van der Waals surface area contributed by atoms with Crippen LogP contribution in [0.15, 0.2) is 505 Å². The maximum absolute atomic E-state index is 6.41. The van der Waals surface area contributed by atoms with Gasteiger partial charge in [-0.1, -0.05) is 322 Å². The molecule has 10 nitrogen and oxygen atoms in total. The molecule has 0 fully saturated rings. The topological polar surface area (TPSA) is 81.9 Å². The van der Waals surface area contributed by atoms with Gasteiger partial charge >= 0.3 is 0 Å². The van der Waals surface area contributed by atoms with Gasteiger partial charge in [-0.05, 0) is 192 Å². The predicted molar refractivity (Wildman–Crippen MR) is 587 cm³/mol. The molecule has 0 saturated carbocycles. The summed E-state index contributed by atoms with van der Waals surface area (Å²) < 4.78 is 33.4. The van der Waals surface area contributed by atoms with Gasteiger partial charge in [0.25, 0.3) is 0 Å². The fourth-order valence-electron chi connectivity index (χ4n) is 22.8. The third-order valence-corrected chi connectivity index (χ3v) is 28.9. The fraction of sp³-hybridized carbons (Fsp3) is 0. The van der Waals surface area contributed by atoms with Crippen LogP contribution in [0.25, 0.3) is 276 Å². The summed E-state index contributed by atoms with van der Waals surface area (Å²) >= 11 is 0. The van der Waals surface area contributed by atoms with Crippen molar-refractivity contribution in [3.8, 4) is 78.9 Å². The lowest BCUT2D eigenvalue weighted by Crippen LogP contribution is -2.00. The number of para-hydroxylation sites is 12. The van der Waals surface area contributed by atoms with Crippen molar-refractivity contribution in [3.63, 3.8) is 0 Å². The summed E-state index contributed by atoms with van der Waals surface area (Å²) in [7, 11) is 0.